The number of carbonyl (C=O) groups excluding carboxylic acids is 1. The molecule has 16 heavy (non-hydrogen) atoms. The van der Waals surface area contributed by atoms with Crippen LogP contribution in [0.15, 0.2) is 30.3 Å². The zero-order valence-electron chi connectivity index (χ0n) is 10.8. The lowest BCUT2D eigenvalue weighted by molar-refractivity contribution is -0.125. The van der Waals surface area contributed by atoms with Crippen LogP contribution in [-0.4, -0.2) is 5.78 Å². The molecule has 0 N–H and O–H groups in total. The van der Waals surface area contributed by atoms with E-state index in [2.05, 4.69) is 32.9 Å². The van der Waals surface area contributed by atoms with Crippen LogP contribution < -0.4 is 0 Å². The highest BCUT2D eigenvalue weighted by molar-refractivity contribution is 5.81. The van der Waals surface area contributed by atoms with Gasteiger partial charge >= 0.3 is 0 Å². The van der Waals surface area contributed by atoms with Gasteiger partial charge in [-0.1, -0.05) is 58.0 Å². The van der Waals surface area contributed by atoms with Gasteiger partial charge in [-0.05, 0) is 17.4 Å². The van der Waals surface area contributed by atoms with E-state index in [0.29, 0.717) is 12.2 Å². The number of hydrogen-bond donors (Lipinski definition) is 0. The van der Waals surface area contributed by atoms with Gasteiger partial charge in [0.25, 0.3) is 0 Å². The van der Waals surface area contributed by atoms with Gasteiger partial charge in [-0.25, -0.2) is 0 Å². The van der Waals surface area contributed by atoms with Crippen LogP contribution in [-0.2, 0) is 11.2 Å². The van der Waals surface area contributed by atoms with Crippen LogP contribution in [0.5, 0.6) is 0 Å². The Morgan fingerprint density at radius 1 is 1.19 bits per heavy atom. The lowest BCUT2D eigenvalue weighted by atomic mass is 9.78. The molecule has 1 nitrogen and oxygen atoms in total. The van der Waals surface area contributed by atoms with Crippen molar-refractivity contribution in [3.05, 3.63) is 35.9 Å². The molecule has 0 saturated heterocycles. The van der Waals surface area contributed by atoms with Crippen molar-refractivity contribution >= 4 is 5.78 Å². The molecule has 1 rings (SSSR count). The summed E-state index contributed by atoms with van der Waals surface area (Å²) in [6, 6.07) is 10.2. The van der Waals surface area contributed by atoms with Crippen molar-refractivity contribution in [2.75, 3.05) is 0 Å². The average Bonchev–Trinajstić information content (AvgIpc) is 2.25. The van der Waals surface area contributed by atoms with E-state index in [1.165, 1.54) is 5.56 Å². The van der Waals surface area contributed by atoms with Gasteiger partial charge in [-0.15, -0.1) is 0 Å². The minimum absolute atomic E-state index is 0.0772. The highest BCUT2D eigenvalue weighted by atomic mass is 16.1. The molecule has 0 aromatic heterocycles. The minimum Gasteiger partial charge on any atom is -0.299 e. The van der Waals surface area contributed by atoms with E-state index < -0.39 is 0 Å². The topological polar surface area (TPSA) is 17.1 Å². The molecule has 0 aliphatic carbocycles. The van der Waals surface area contributed by atoms with Crippen LogP contribution in [0.2, 0.25) is 0 Å². The van der Waals surface area contributed by atoms with Crippen molar-refractivity contribution in [1.82, 2.24) is 0 Å². The predicted octanol–water partition coefficient (Wildman–Crippen LogP) is 3.87. The molecule has 0 aliphatic heterocycles. The van der Waals surface area contributed by atoms with E-state index >= 15 is 0 Å². The fraction of sp³-hybridized carbons (Fsp3) is 0.533. The van der Waals surface area contributed by atoms with Gasteiger partial charge in [0.1, 0.15) is 5.78 Å². The minimum atomic E-state index is 0.0772. The summed E-state index contributed by atoms with van der Waals surface area (Å²) in [7, 11) is 0. The number of carbonyl (C=O) groups is 1. The molecule has 1 heteroatoms. The highest BCUT2D eigenvalue weighted by Crippen LogP contribution is 2.27. The molecule has 0 aliphatic rings. The summed E-state index contributed by atoms with van der Waals surface area (Å²) in [5, 5.41) is 0. The van der Waals surface area contributed by atoms with E-state index in [9.17, 15) is 4.79 Å². The second-order valence-corrected chi connectivity index (χ2v) is 5.54. The quantitative estimate of drug-likeness (QED) is 0.749. The predicted molar refractivity (Wildman–Crippen MR) is 68.4 cm³/mol. The fourth-order valence-electron chi connectivity index (χ4n) is 1.61. The summed E-state index contributed by atoms with van der Waals surface area (Å²) in [6.07, 6.45) is 1.52. The van der Waals surface area contributed by atoms with Gasteiger partial charge < -0.3 is 0 Å². The van der Waals surface area contributed by atoms with Crippen LogP contribution in [0.3, 0.4) is 0 Å². The number of ketones is 1. The zero-order chi connectivity index (χ0) is 12.2. The lowest BCUT2D eigenvalue weighted by Crippen LogP contribution is -2.26. The number of hydrogen-bond acceptors (Lipinski definition) is 1. The molecule has 0 amide bonds. The Morgan fingerprint density at radius 2 is 1.75 bits per heavy atom. The first kappa shape index (κ1) is 13.0. The van der Waals surface area contributed by atoms with Crippen LogP contribution in [0.1, 0.15) is 39.7 Å². The third-order valence-corrected chi connectivity index (χ3v) is 3.28. The van der Waals surface area contributed by atoms with Crippen LogP contribution in [0.4, 0.5) is 0 Å². The number of benzene rings is 1. The molecule has 1 aromatic carbocycles. The summed E-state index contributed by atoms with van der Waals surface area (Å²) in [5.74, 6) is 0.507. The molecular weight excluding hydrogens is 196 g/mol. The van der Waals surface area contributed by atoms with Gasteiger partial charge in [0.2, 0.25) is 0 Å². The first-order chi connectivity index (χ1) is 7.41. The molecule has 88 valence electrons. The lowest BCUT2D eigenvalue weighted by Gasteiger charge is -2.25. The summed E-state index contributed by atoms with van der Waals surface area (Å²) in [5.41, 5.74) is 1.32. The van der Waals surface area contributed by atoms with E-state index in [4.69, 9.17) is 0 Å². The highest BCUT2D eigenvalue weighted by Gasteiger charge is 2.25. The standard InChI is InChI=1S/C15H22O/c1-12(15(2,3)4)14(16)11-10-13-8-6-5-7-9-13/h5-9,12H,10-11H2,1-4H3/t12-/m1/s1. The molecular formula is C15H22O. The fourth-order valence-corrected chi connectivity index (χ4v) is 1.61. The first-order valence-electron chi connectivity index (χ1n) is 5.98. The third kappa shape index (κ3) is 3.80. The van der Waals surface area contributed by atoms with E-state index in [0.717, 1.165) is 6.42 Å². The number of Topliss-reactive ketones (excluding diaryl/α,β-unsaturated/α-hetero) is 1. The summed E-state index contributed by atoms with van der Waals surface area (Å²) < 4.78 is 0. The molecule has 1 aromatic rings. The smallest absolute Gasteiger partial charge is 0.136 e. The van der Waals surface area contributed by atoms with Gasteiger partial charge in [-0.2, -0.15) is 0 Å². The van der Waals surface area contributed by atoms with Crippen LogP contribution >= 0.6 is 0 Å². The maximum absolute atomic E-state index is 12.0. The number of rotatable bonds is 4. The molecule has 0 radical (unpaired) electrons. The van der Waals surface area contributed by atoms with Crippen molar-refractivity contribution in [3.8, 4) is 0 Å². The Bertz CT molecular complexity index is 332. The Hall–Kier alpha value is -1.11. The summed E-state index contributed by atoms with van der Waals surface area (Å²) in [4.78, 5) is 12.0. The molecule has 0 heterocycles. The van der Waals surface area contributed by atoms with Gasteiger partial charge in [-0.3, -0.25) is 4.79 Å². The van der Waals surface area contributed by atoms with E-state index in [1.807, 2.05) is 25.1 Å². The summed E-state index contributed by atoms with van der Waals surface area (Å²) >= 11 is 0. The first-order valence-corrected chi connectivity index (χ1v) is 5.98. The molecule has 0 fully saturated rings. The second kappa shape index (κ2) is 5.29. The Balaban J connectivity index is 2.48. The third-order valence-electron chi connectivity index (χ3n) is 3.28. The van der Waals surface area contributed by atoms with E-state index in [-0.39, 0.29) is 11.3 Å². The van der Waals surface area contributed by atoms with Gasteiger partial charge in [0.05, 0.1) is 0 Å². The van der Waals surface area contributed by atoms with Crippen molar-refractivity contribution in [3.63, 3.8) is 0 Å². The molecule has 0 unspecified atom stereocenters. The second-order valence-electron chi connectivity index (χ2n) is 5.54. The van der Waals surface area contributed by atoms with Crippen LogP contribution in [0.25, 0.3) is 0 Å². The average molecular weight is 218 g/mol. The Labute approximate surface area is 98.9 Å². The molecule has 0 spiro atoms. The SMILES string of the molecule is C[C@H](C(=O)CCc1ccccc1)C(C)(C)C. The van der Waals surface area contributed by atoms with Gasteiger partial charge in [0.15, 0.2) is 0 Å². The maximum Gasteiger partial charge on any atom is 0.136 e. The van der Waals surface area contributed by atoms with Crippen molar-refractivity contribution in [2.24, 2.45) is 11.3 Å². The largest absolute Gasteiger partial charge is 0.299 e. The molecule has 0 bridgehead atoms. The normalized spacial score (nSPS) is 13.5. The van der Waals surface area contributed by atoms with E-state index in [1.54, 1.807) is 0 Å². The van der Waals surface area contributed by atoms with Gasteiger partial charge in [0, 0.05) is 12.3 Å². The van der Waals surface area contributed by atoms with Crippen molar-refractivity contribution in [2.45, 2.75) is 40.5 Å². The molecule has 0 saturated carbocycles. The maximum atomic E-state index is 12.0. The van der Waals surface area contributed by atoms with Crippen molar-refractivity contribution in [1.29, 1.82) is 0 Å². The Kier molecular flexibility index (Phi) is 4.28. The monoisotopic (exact) mass is 218 g/mol. The zero-order valence-corrected chi connectivity index (χ0v) is 10.8. The van der Waals surface area contributed by atoms with Crippen LogP contribution in [0, 0.1) is 11.3 Å². The number of aryl methyl sites for hydroxylation is 1. The molecule has 1 atom stereocenters. The van der Waals surface area contributed by atoms with Crippen molar-refractivity contribution < 1.29 is 4.79 Å². The Morgan fingerprint density at radius 3 is 2.25 bits per heavy atom. The summed E-state index contributed by atoms with van der Waals surface area (Å²) in [6.45, 7) is 8.40.